The van der Waals surface area contributed by atoms with E-state index in [1.54, 1.807) is 30.3 Å². The summed E-state index contributed by atoms with van der Waals surface area (Å²) in [6, 6.07) is 8.30. The molecule has 12 heavy (non-hydrogen) atoms. The first kappa shape index (κ1) is 17.3. The molecule has 0 saturated heterocycles. The standard InChI is InChI=1S/C7H6O2.BrH.2H3N/c8-7(9)6-4-2-1-3-5-6;;;/h1-5H,(H,8,9);1H;2*1H3. The lowest BCUT2D eigenvalue weighted by atomic mass is 10.2. The Morgan fingerprint density at radius 1 is 1.08 bits per heavy atom. The number of carboxylic acid groups (broad SMARTS) is 1. The van der Waals surface area contributed by atoms with E-state index < -0.39 is 5.97 Å². The quantitative estimate of drug-likeness (QED) is 0.696. The van der Waals surface area contributed by atoms with Gasteiger partial charge in [0.25, 0.3) is 0 Å². The number of carbonyl (C=O) groups is 1. The summed E-state index contributed by atoms with van der Waals surface area (Å²) < 4.78 is 0. The Hall–Kier alpha value is -0.910. The van der Waals surface area contributed by atoms with Gasteiger partial charge in [-0.3, -0.25) is 0 Å². The summed E-state index contributed by atoms with van der Waals surface area (Å²) in [5, 5.41) is 8.38. The molecule has 0 heterocycles. The average Bonchev–Trinajstić information content (AvgIpc) is 1.90. The molecule has 0 aliphatic heterocycles. The second-order valence-electron chi connectivity index (χ2n) is 1.67. The molecule has 5 heteroatoms. The second-order valence-corrected chi connectivity index (χ2v) is 1.67. The lowest BCUT2D eigenvalue weighted by Crippen LogP contribution is -1.93. The van der Waals surface area contributed by atoms with E-state index in [4.69, 9.17) is 5.11 Å². The minimum Gasteiger partial charge on any atom is -0.478 e. The Kier molecular flexibility index (Phi) is 11.8. The normalized spacial score (nSPS) is 6.67. The molecule has 0 bridgehead atoms. The van der Waals surface area contributed by atoms with Crippen LogP contribution in [0.25, 0.3) is 0 Å². The fourth-order valence-corrected chi connectivity index (χ4v) is 0.581. The molecule has 1 aromatic rings. The zero-order chi connectivity index (χ0) is 6.69. The van der Waals surface area contributed by atoms with Crippen molar-refractivity contribution < 1.29 is 9.90 Å². The Morgan fingerprint density at radius 3 is 1.75 bits per heavy atom. The predicted octanol–water partition coefficient (Wildman–Crippen LogP) is 2.29. The van der Waals surface area contributed by atoms with Crippen LogP contribution in [0.3, 0.4) is 0 Å². The minimum absolute atomic E-state index is 0. The van der Waals surface area contributed by atoms with E-state index in [0.29, 0.717) is 5.56 Å². The number of rotatable bonds is 1. The molecule has 0 radical (unpaired) electrons. The number of hydrogen-bond acceptors (Lipinski definition) is 3. The minimum atomic E-state index is -0.879. The van der Waals surface area contributed by atoms with Crippen molar-refractivity contribution in [3.63, 3.8) is 0 Å². The van der Waals surface area contributed by atoms with Crippen LogP contribution < -0.4 is 12.3 Å². The number of aromatic carboxylic acids is 1. The van der Waals surface area contributed by atoms with Crippen LogP contribution >= 0.6 is 17.0 Å². The highest BCUT2D eigenvalue weighted by Gasteiger charge is 1.96. The highest BCUT2D eigenvalue weighted by atomic mass is 79.9. The Morgan fingerprint density at radius 2 is 1.50 bits per heavy atom. The molecule has 0 atom stereocenters. The summed E-state index contributed by atoms with van der Waals surface area (Å²) in [6.45, 7) is 0. The van der Waals surface area contributed by atoms with E-state index in [2.05, 4.69) is 0 Å². The third-order valence-corrected chi connectivity index (χ3v) is 1.02. The summed E-state index contributed by atoms with van der Waals surface area (Å²) in [7, 11) is 0. The molecule has 0 amide bonds. The van der Waals surface area contributed by atoms with Crippen molar-refractivity contribution >= 4 is 23.0 Å². The lowest BCUT2D eigenvalue weighted by molar-refractivity contribution is 0.0697. The van der Waals surface area contributed by atoms with Crippen LogP contribution in [-0.2, 0) is 0 Å². The van der Waals surface area contributed by atoms with Gasteiger partial charge in [-0.2, -0.15) is 0 Å². The van der Waals surface area contributed by atoms with Gasteiger partial charge in [0.2, 0.25) is 0 Å². The average molecular weight is 237 g/mol. The van der Waals surface area contributed by atoms with Crippen LogP contribution in [0.4, 0.5) is 0 Å². The molecule has 7 N–H and O–H groups in total. The molecule has 0 spiro atoms. The molecule has 1 rings (SSSR count). The SMILES string of the molecule is Br.N.N.O=C(O)c1ccccc1. The molecule has 0 aromatic heterocycles. The van der Waals surface area contributed by atoms with Crippen molar-refractivity contribution in [3.8, 4) is 0 Å². The molecular weight excluding hydrogens is 224 g/mol. The molecule has 0 fully saturated rings. The molecule has 4 nitrogen and oxygen atoms in total. The fourth-order valence-electron chi connectivity index (χ4n) is 0.581. The van der Waals surface area contributed by atoms with Gasteiger partial charge in [-0.25, -0.2) is 4.79 Å². The van der Waals surface area contributed by atoms with Crippen molar-refractivity contribution in [2.24, 2.45) is 0 Å². The molecule has 0 unspecified atom stereocenters. The van der Waals surface area contributed by atoms with Gasteiger partial charge >= 0.3 is 5.97 Å². The molecular formula is C7H13BrN2O2. The maximum absolute atomic E-state index is 10.2. The van der Waals surface area contributed by atoms with Gasteiger partial charge in [0.15, 0.2) is 0 Å². The summed E-state index contributed by atoms with van der Waals surface area (Å²) in [5.74, 6) is -0.879. The van der Waals surface area contributed by atoms with Crippen molar-refractivity contribution in [2.75, 3.05) is 0 Å². The smallest absolute Gasteiger partial charge is 0.335 e. The number of carboxylic acids is 1. The Labute approximate surface area is 81.5 Å². The molecule has 0 aliphatic rings. The second kappa shape index (κ2) is 8.19. The third kappa shape index (κ3) is 4.84. The van der Waals surface area contributed by atoms with Crippen molar-refractivity contribution in [2.45, 2.75) is 0 Å². The van der Waals surface area contributed by atoms with Gasteiger partial charge in [0, 0.05) is 0 Å². The Bertz CT molecular complexity index is 216. The summed E-state index contributed by atoms with van der Waals surface area (Å²) in [5.41, 5.74) is 0.331. The number of hydrogen-bond donors (Lipinski definition) is 3. The third-order valence-electron chi connectivity index (χ3n) is 1.02. The maximum Gasteiger partial charge on any atom is 0.335 e. The van der Waals surface area contributed by atoms with Crippen LogP contribution in [0.1, 0.15) is 10.4 Å². The first-order valence-corrected chi connectivity index (χ1v) is 2.59. The van der Waals surface area contributed by atoms with Crippen LogP contribution in [0.2, 0.25) is 0 Å². The van der Waals surface area contributed by atoms with E-state index in [-0.39, 0.29) is 29.3 Å². The van der Waals surface area contributed by atoms with Crippen LogP contribution in [-0.4, -0.2) is 11.1 Å². The number of benzene rings is 1. The van der Waals surface area contributed by atoms with E-state index in [1.165, 1.54) is 0 Å². The Balaban J connectivity index is -0.000000270. The highest BCUT2D eigenvalue weighted by molar-refractivity contribution is 8.93. The highest BCUT2D eigenvalue weighted by Crippen LogP contribution is 1.96. The van der Waals surface area contributed by atoms with Gasteiger partial charge in [0.05, 0.1) is 5.56 Å². The number of halogens is 1. The molecule has 70 valence electrons. The fraction of sp³-hybridized carbons (Fsp3) is 0. The van der Waals surface area contributed by atoms with Gasteiger partial charge in [-0.05, 0) is 12.1 Å². The first-order chi connectivity index (χ1) is 4.30. The summed E-state index contributed by atoms with van der Waals surface area (Å²) in [4.78, 5) is 10.2. The lowest BCUT2D eigenvalue weighted by Gasteiger charge is -1.88. The molecule has 1 aromatic carbocycles. The van der Waals surface area contributed by atoms with Crippen molar-refractivity contribution in [1.82, 2.24) is 12.3 Å². The van der Waals surface area contributed by atoms with E-state index in [1.807, 2.05) is 0 Å². The van der Waals surface area contributed by atoms with E-state index in [0.717, 1.165) is 0 Å². The van der Waals surface area contributed by atoms with Gasteiger partial charge in [-0.1, -0.05) is 18.2 Å². The zero-order valence-electron chi connectivity index (χ0n) is 6.56. The maximum atomic E-state index is 10.2. The van der Waals surface area contributed by atoms with Crippen LogP contribution in [0.15, 0.2) is 30.3 Å². The summed E-state index contributed by atoms with van der Waals surface area (Å²) >= 11 is 0. The zero-order valence-corrected chi connectivity index (χ0v) is 8.28. The van der Waals surface area contributed by atoms with Gasteiger partial charge in [0.1, 0.15) is 0 Å². The largest absolute Gasteiger partial charge is 0.478 e. The van der Waals surface area contributed by atoms with Crippen LogP contribution in [0, 0.1) is 0 Å². The van der Waals surface area contributed by atoms with Crippen LogP contribution in [0.5, 0.6) is 0 Å². The topological polar surface area (TPSA) is 107 Å². The van der Waals surface area contributed by atoms with E-state index in [9.17, 15) is 4.79 Å². The molecule has 0 saturated carbocycles. The summed E-state index contributed by atoms with van der Waals surface area (Å²) in [6.07, 6.45) is 0. The predicted molar refractivity (Wildman–Crippen MR) is 53.8 cm³/mol. The van der Waals surface area contributed by atoms with Crippen molar-refractivity contribution in [3.05, 3.63) is 35.9 Å². The van der Waals surface area contributed by atoms with Gasteiger partial charge < -0.3 is 17.4 Å². The monoisotopic (exact) mass is 236 g/mol. The van der Waals surface area contributed by atoms with Gasteiger partial charge in [-0.15, -0.1) is 17.0 Å². The molecule has 0 aliphatic carbocycles. The first-order valence-electron chi connectivity index (χ1n) is 2.59. The van der Waals surface area contributed by atoms with E-state index >= 15 is 0 Å². The van der Waals surface area contributed by atoms with Crippen molar-refractivity contribution in [1.29, 1.82) is 0 Å².